The minimum atomic E-state index is -0.505. The Balaban J connectivity index is 1.35. The van der Waals surface area contributed by atoms with Gasteiger partial charge in [0, 0.05) is 24.2 Å². The standard InChI is InChI=1S/C20H17N3O4/c24-18-11-15(12-23(18)16-9-5-2-6-10-16)20(25)26-13-17-21-22-19(27-17)14-7-3-1-4-8-14/h1-10,15H,11-13H2/t15-/m1/s1. The van der Waals surface area contributed by atoms with Crippen molar-refractivity contribution < 1.29 is 18.7 Å². The number of hydrogen-bond donors (Lipinski definition) is 0. The number of esters is 1. The summed E-state index contributed by atoms with van der Waals surface area (Å²) in [5.74, 6) is -0.456. The Bertz CT molecular complexity index is 940. The third-order valence-electron chi connectivity index (χ3n) is 4.35. The van der Waals surface area contributed by atoms with Crippen molar-refractivity contribution in [3.63, 3.8) is 0 Å². The molecule has 7 nitrogen and oxygen atoms in total. The summed E-state index contributed by atoms with van der Waals surface area (Å²) < 4.78 is 10.8. The summed E-state index contributed by atoms with van der Waals surface area (Å²) in [5, 5.41) is 7.85. The van der Waals surface area contributed by atoms with Gasteiger partial charge in [0.25, 0.3) is 5.89 Å². The second kappa shape index (κ2) is 7.41. The molecule has 0 radical (unpaired) electrons. The van der Waals surface area contributed by atoms with Gasteiger partial charge in [-0.2, -0.15) is 0 Å². The summed E-state index contributed by atoms with van der Waals surface area (Å²) in [6.45, 7) is 0.190. The Hall–Kier alpha value is -3.48. The Morgan fingerprint density at radius 1 is 1.07 bits per heavy atom. The van der Waals surface area contributed by atoms with Crippen LogP contribution in [0.25, 0.3) is 11.5 Å². The first-order valence-corrected chi connectivity index (χ1v) is 8.60. The monoisotopic (exact) mass is 363 g/mol. The summed E-state index contributed by atoms with van der Waals surface area (Å²) in [5.41, 5.74) is 1.57. The molecule has 0 bridgehead atoms. The van der Waals surface area contributed by atoms with Crippen LogP contribution in [-0.4, -0.2) is 28.6 Å². The Kier molecular flexibility index (Phi) is 4.65. The molecule has 2 aromatic carbocycles. The molecule has 3 aromatic rings. The Labute approximate surface area is 155 Å². The van der Waals surface area contributed by atoms with E-state index in [2.05, 4.69) is 10.2 Å². The topological polar surface area (TPSA) is 85.5 Å². The minimum absolute atomic E-state index is 0.0905. The molecule has 0 unspecified atom stereocenters. The van der Waals surface area contributed by atoms with Crippen LogP contribution in [0.2, 0.25) is 0 Å². The van der Waals surface area contributed by atoms with Crippen LogP contribution in [-0.2, 0) is 20.9 Å². The van der Waals surface area contributed by atoms with Crippen molar-refractivity contribution in [1.82, 2.24) is 10.2 Å². The summed E-state index contributed by atoms with van der Waals surface area (Å²) in [7, 11) is 0. The number of rotatable bonds is 5. The number of carbonyl (C=O) groups excluding carboxylic acids is 2. The SMILES string of the molecule is O=C(OCc1nnc(-c2ccccc2)o1)[C@@H]1CC(=O)N(c2ccccc2)C1. The molecule has 0 spiro atoms. The molecule has 0 aliphatic carbocycles. The molecule has 1 atom stereocenters. The molecule has 1 saturated heterocycles. The number of amides is 1. The van der Waals surface area contributed by atoms with Crippen LogP contribution < -0.4 is 4.90 Å². The van der Waals surface area contributed by atoms with Gasteiger partial charge >= 0.3 is 5.97 Å². The van der Waals surface area contributed by atoms with Gasteiger partial charge in [0.1, 0.15) is 0 Å². The van der Waals surface area contributed by atoms with E-state index < -0.39 is 11.9 Å². The molecule has 2 heterocycles. The lowest BCUT2D eigenvalue weighted by atomic mass is 10.1. The van der Waals surface area contributed by atoms with Crippen molar-refractivity contribution >= 4 is 17.6 Å². The highest BCUT2D eigenvalue weighted by molar-refractivity contribution is 5.99. The number of aromatic nitrogens is 2. The van der Waals surface area contributed by atoms with E-state index >= 15 is 0 Å². The van der Waals surface area contributed by atoms with Crippen molar-refractivity contribution in [2.45, 2.75) is 13.0 Å². The lowest BCUT2D eigenvalue weighted by molar-refractivity contribution is -0.150. The number of benzene rings is 2. The highest BCUT2D eigenvalue weighted by Crippen LogP contribution is 2.26. The lowest BCUT2D eigenvalue weighted by Gasteiger charge is -2.16. The molecule has 0 saturated carbocycles. The van der Waals surface area contributed by atoms with Gasteiger partial charge in [0.15, 0.2) is 6.61 Å². The molecular weight excluding hydrogens is 346 g/mol. The van der Waals surface area contributed by atoms with Crippen LogP contribution in [0.3, 0.4) is 0 Å². The summed E-state index contributed by atoms with van der Waals surface area (Å²) >= 11 is 0. The normalized spacial score (nSPS) is 16.5. The molecule has 1 aromatic heterocycles. The second-order valence-corrected chi connectivity index (χ2v) is 6.22. The molecule has 1 aliphatic rings. The number of ether oxygens (including phenoxy) is 1. The van der Waals surface area contributed by atoms with Crippen LogP contribution in [0.15, 0.2) is 65.1 Å². The smallest absolute Gasteiger partial charge is 0.311 e. The van der Waals surface area contributed by atoms with Gasteiger partial charge in [0.05, 0.1) is 5.92 Å². The van der Waals surface area contributed by atoms with Gasteiger partial charge < -0.3 is 14.1 Å². The molecule has 1 fully saturated rings. The maximum absolute atomic E-state index is 12.3. The van der Waals surface area contributed by atoms with E-state index in [9.17, 15) is 9.59 Å². The largest absolute Gasteiger partial charge is 0.455 e. The summed E-state index contributed by atoms with van der Waals surface area (Å²) in [6, 6.07) is 18.6. The number of anilines is 1. The van der Waals surface area contributed by atoms with Gasteiger partial charge in [-0.3, -0.25) is 9.59 Å². The molecule has 4 rings (SSSR count). The lowest BCUT2D eigenvalue weighted by Crippen LogP contribution is -2.26. The highest BCUT2D eigenvalue weighted by Gasteiger charge is 2.36. The second-order valence-electron chi connectivity index (χ2n) is 6.22. The third-order valence-corrected chi connectivity index (χ3v) is 4.35. The zero-order chi connectivity index (χ0) is 18.6. The van der Waals surface area contributed by atoms with E-state index in [1.807, 2.05) is 60.7 Å². The average molecular weight is 363 g/mol. The molecule has 27 heavy (non-hydrogen) atoms. The van der Waals surface area contributed by atoms with Gasteiger partial charge in [-0.05, 0) is 24.3 Å². The van der Waals surface area contributed by atoms with Crippen LogP contribution in [0.4, 0.5) is 5.69 Å². The molecule has 0 N–H and O–H groups in total. The zero-order valence-corrected chi connectivity index (χ0v) is 14.4. The van der Waals surface area contributed by atoms with Crippen LogP contribution >= 0.6 is 0 Å². The van der Waals surface area contributed by atoms with Crippen molar-refractivity contribution in [3.05, 3.63) is 66.6 Å². The summed E-state index contributed by atoms with van der Waals surface area (Å²) in [6.07, 6.45) is 0.132. The van der Waals surface area contributed by atoms with Crippen molar-refractivity contribution in [2.24, 2.45) is 5.92 Å². The van der Waals surface area contributed by atoms with Crippen molar-refractivity contribution in [1.29, 1.82) is 0 Å². The van der Waals surface area contributed by atoms with Crippen LogP contribution in [0.1, 0.15) is 12.3 Å². The highest BCUT2D eigenvalue weighted by atomic mass is 16.5. The quantitative estimate of drug-likeness (QED) is 0.648. The van der Waals surface area contributed by atoms with E-state index in [4.69, 9.17) is 9.15 Å². The summed E-state index contributed by atoms with van der Waals surface area (Å²) in [4.78, 5) is 26.1. The molecule has 1 aliphatic heterocycles. The van der Waals surface area contributed by atoms with Gasteiger partial charge in [-0.1, -0.05) is 36.4 Å². The minimum Gasteiger partial charge on any atom is -0.455 e. The fraction of sp³-hybridized carbons (Fsp3) is 0.200. The van der Waals surface area contributed by atoms with Gasteiger partial charge in [0.2, 0.25) is 11.8 Å². The molecular formula is C20H17N3O4. The molecule has 136 valence electrons. The maximum atomic E-state index is 12.3. The fourth-order valence-electron chi connectivity index (χ4n) is 2.98. The zero-order valence-electron chi connectivity index (χ0n) is 14.4. The first kappa shape index (κ1) is 17.0. The average Bonchev–Trinajstić information content (AvgIpc) is 3.34. The third kappa shape index (κ3) is 3.72. The maximum Gasteiger partial charge on any atom is 0.311 e. The fourth-order valence-corrected chi connectivity index (χ4v) is 2.98. The Morgan fingerprint density at radius 2 is 1.78 bits per heavy atom. The van der Waals surface area contributed by atoms with Gasteiger partial charge in [-0.15, -0.1) is 10.2 Å². The first-order chi connectivity index (χ1) is 13.2. The first-order valence-electron chi connectivity index (χ1n) is 8.60. The van der Waals surface area contributed by atoms with Gasteiger partial charge in [-0.25, -0.2) is 0 Å². The van der Waals surface area contributed by atoms with Crippen LogP contribution in [0, 0.1) is 5.92 Å². The Morgan fingerprint density at radius 3 is 2.52 bits per heavy atom. The predicted molar refractivity (Wildman–Crippen MR) is 96.4 cm³/mol. The van der Waals surface area contributed by atoms with E-state index in [1.54, 1.807) is 4.90 Å². The molecule has 1 amide bonds. The predicted octanol–water partition coefficient (Wildman–Crippen LogP) is 2.83. The molecule has 7 heteroatoms. The van der Waals surface area contributed by atoms with E-state index in [1.165, 1.54) is 0 Å². The van der Waals surface area contributed by atoms with E-state index in [-0.39, 0.29) is 24.8 Å². The number of nitrogens with zero attached hydrogens (tertiary/aromatic N) is 3. The van der Waals surface area contributed by atoms with Crippen LogP contribution in [0.5, 0.6) is 0 Å². The van der Waals surface area contributed by atoms with Crippen molar-refractivity contribution in [2.75, 3.05) is 11.4 Å². The number of carbonyl (C=O) groups is 2. The number of para-hydroxylation sites is 1. The van der Waals surface area contributed by atoms with E-state index in [0.717, 1.165) is 11.3 Å². The number of hydrogen-bond acceptors (Lipinski definition) is 6. The van der Waals surface area contributed by atoms with E-state index in [0.29, 0.717) is 12.4 Å². The van der Waals surface area contributed by atoms with Crippen molar-refractivity contribution in [3.8, 4) is 11.5 Å².